The summed E-state index contributed by atoms with van der Waals surface area (Å²) in [5.74, 6) is 0.719. The maximum Gasteiger partial charge on any atom is 0.163 e. The van der Waals surface area contributed by atoms with Crippen LogP contribution in [0.25, 0.3) is 0 Å². The summed E-state index contributed by atoms with van der Waals surface area (Å²) in [4.78, 5) is 17.8. The molecule has 3 nitrogen and oxygen atoms in total. The minimum Gasteiger partial charge on any atom is -0.355 e. The first-order valence-corrected chi connectivity index (χ1v) is 6.37. The van der Waals surface area contributed by atoms with Gasteiger partial charge in [0, 0.05) is 24.8 Å². The molecular formula is C15H15ClN2O. The number of ketones is 1. The van der Waals surface area contributed by atoms with Gasteiger partial charge >= 0.3 is 0 Å². The number of carbonyl (C=O) groups is 1. The van der Waals surface area contributed by atoms with E-state index in [1.54, 1.807) is 25.3 Å². The highest BCUT2D eigenvalue weighted by molar-refractivity contribution is 6.30. The minimum absolute atomic E-state index is 0.0195. The summed E-state index contributed by atoms with van der Waals surface area (Å²) in [6.07, 6.45) is 1.69. The van der Waals surface area contributed by atoms with Crippen LogP contribution in [-0.4, -0.2) is 17.8 Å². The minimum atomic E-state index is 0.0195. The second-order valence-corrected chi connectivity index (χ2v) is 4.85. The molecule has 0 aliphatic rings. The maximum atomic E-state index is 11.6. The fourth-order valence-electron chi connectivity index (χ4n) is 1.91. The summed E-state index contributed by atoms with van der Waals surface area (Å²) < 4.78 is 0. The first-order valence-electron chi connectivity index (χ1n) is 5.99. The molecule has 0 bridgehead atoms. The van der Waals surface area contributed by atoms with Gasteiger partial charge in [0.15, 0.2) is 5.78 Å². The Hall–Kier alpha value is -1.87. The lowest BCUT2D eigenvalue weighted by atomic mass is 10.1. The SMILES string of the molecule is CC(=O)c1cccnc1N(C)Cc1ccc(Cl)cc1. The van der Waals surface area contributed by atoms with Gasteiger partial charge in [-0.25, -0.2) is 4.98 Å². The van der Waals surface area contributed by atoms with Crippen molar-refractivity contribution in [1.29, 1.82) is 0 Å². The molecular weight excluding hydrogens is 260 g/mol. The van der Waals surface area contributed by atoms with Crippen LogP contribution < -0.4 is 4.90 Å². The highest BCUT2D eigenvalue weighted by Crippen LogP contribution is 2.19. The van der Waals surface area contributed by atoms with Gasteiger partial charge in [-0.1, -0.05) is 23.7 Å². The van der Waals surface area contributed by atoms with Gasteiger partial charge in [0.05, 0.1) is 5.56 Å². The summed E-state index contributed by atoms with van der Waals surface area (Å²) >= 11 is 5.86. The number of pyridine rings is 1. The first-order chi connectivity index (χ1) is 9.08. The predicted molar refractivity (Wildman–Crippen MR) is 77.8 cm³/mol. The van der Waals surface area contributed by atoms with Gasteiger partial charge in [0.25, 0.3) is 0 Å². The van der Waals surface area contributed by atoms with Crippen LogP contribution in [0.15, 0.2) is 42.6 Å². The van der Waals surface area contributed by atoms with E-state index in [9.17, 15) is 4.79 Å². The van der Waals surface area contributed by atoms with Crippen LogP contribution in [0.1, 0.15) is 22.8 Å². The average molecular weight is 275 g/mol. The van der Waals surface area contributed by atoms with Crippen LogP contribution in [-0.2, 0) is 6.54 Å². The lowest BCUT2D eigenvalue weighted by Gasteiger charge is -2.20. The van der Waals surface area contributed by atoms with Crippen molar-refractivity contribution in [3.8, 4) is 0 Å². The predicted octanol–water partition coefficient (Wildman–Crippen LogP) is 3.57. The number of benzene rings is 1. The van der Waals surface area contributed by atoms with Crippen molar-refractivity contribution in [3.63, 3.8) is 0 Å². The maximum absolute atomic E-state index is 11.6. The van der Waals surface area contributed by atoms with Crippen molar-refractivity contribution in [2.45, 2.75) is 13.5 Å². The summed E-state index contributed by atoms with van der Waals surface area (Å²) in [6.45, 7) is 2.23. The van der Waals surface area contributed by atoms with Gasteiger partial charge < -0.3 is 4.90 Å². The zero-order valence-corrected chi connectivity index (χ0v) is 11.7. The van der Waals surface area contributed by atoms with Crippen LogP contribution >= 0.6 is 11.6 Å². The number of hydrogen-bond donors (Lipinski definition) is 0. The molecule has 19 heavy (non-hydrogen) atoms. The zero-order valence-electron chi connectivity index (χ0n) is 10.9. The molecule has 0 saturated heterocycles. The molecule has 2 rings (SSSR count). The van der Waals surface area contributed by atoms with Crippen molar-refractivity contribution in [2.24, 2.45) is 0 Å². The van der Waals surface area contributed by atoms with Gasteiger partial charge in [-0.3, -0.25) is 4.79 Å². The molecule has 4 heteroatoms. The molecule has 0 atom stereocenters. The number of hydrogen-bond acceptors (Lipinski definition) is 3. The Labute approximate surface area is 117 Å². The number of carbonyl (C=O) groups excluding carboxylic acids is 1. The van der Waals surface area contributed by atoms with Gasteiger partial charge in [0.2, 0.25) is 0 Å². The van der Waals surface area contributed by atoms with Crippen molar-refractivity contribution in [2.75, 3.05) is 11.9 Å². The Balaban J connectivity index is 2.22. The monoisotopic (exact) mass is 274 g/mol. The summed E-state index contributed by atoms with van der Waals surface area (Å²) in [5, 5.41) is 0.716. The lowest BCUT2D eigenvalue weighted by molar-refractivity contribution is 0.101. The van der Waals surface area contributed by atoms with Crippen molar-refractivity contribution >= 4 is 23.2 Å². The molecule has 0 amide bonds. The fraction of sp³-hybridized carbons (Fsp3) is 0.200. The van der Waals surface area contributed by atoms with Crippen molar-refractivity contribution in [1.82, 2.24) is 4.98 Å². The Kier molecular flexibility index (Phi) is 4.17. The molecule has 0 unspecified atom stereocenters. The van der Waals surface area contributed by atoms with Crippen LogP contribution in [0.2, 0.25) is 5.02 Å². The Bertz CT molecular complexity index is 581. The van der Waals surface area contributed by atoms with Crippen LogP contribution in [0.3, 0.4) is 0 Å². The second kappa shape index (κ2) is 5.85. The van der Waals surface area contributed by atoms with E-state index in [0.717, 1.165) is 5.56 Å². The lowest BCUT2D eigenvalue weighted by Crippen LogP contribution is -2.20. The van der Waals surface area contributed by atoms with Crippen LogP contribution in [0.4, 0.5) is 5.82 Å². The Morgan fingerprint density at radius 3 is 2.58 bits per heavy atom. The van der Waals surface area contributed by atoms with E-state index in [2.05, 4.69) is 4.98 Å². The van der Waals surface area contributed by atoms with Gasteiger partial charge in [-0.05, 0) is 36.8 Å². The van der Waals surface area contributed by atoms with Crippen molar-refractivity contribution in [3.05, 3.63) is 58.7 Å². The first kappa shape index (κ1) is 13.6. The number of rotatable bonds is 4. The highest BCUT2D eigenvalue weighted by Gasteiger charge is 2.12. The second-order valence-electron chi connectivity index (χ2n) is 4.41. The molecule has 0 N–H and O–H groups in total. The summed E-state index contributed by atoms with van der Waals surface area (Å²) in [6, 6.07) is 11.2. The van der Waals surface area contributed by atoms with E-state index >= 15 is 0 Å². The normalized spacial score (nSPS) is 10.3. The van der Waals surface area contributed by atoms with E-state index in [1.807, 2.05) is 36.2 Å². The number of Topliss-reactive ketones (excluding diaryl/α,β-unsaturated/α-hetero) is 1. The third-order valence-electron chi connectivity index (χ3n) is 2.86. The Morgan fingerprint density at radius 1 is 1.26 bits per heavy atom. The summed E-state index contributed by atoms with van der Waals surface area (Å²) in [7, 11) is 1.92. The Morgan fingerprint density at radius 2 is 1.95 bits per heavy atom. The number of aromatic nitrogens is 1. The molecule has 2 aromatic rings. The van der Waals surface area contributed by atoms with E-state index in [-0.39, 0.29) is 5.78 Å². The van der Waals surface area contributed by atoms with Gasteiger partial charge in [0.1, 0.15) is 5.82 Å². The number of nitrogens with zero attached hydrogens (tertiary/aromatic N) is 2. The third kappa shape index (κ3) is 3.32. The molecule has 0 saturated carbocycles. The number of halogens is 1. The van der Waals surface area contributed by atoms with E-state index in [4.69, 9.17) is 11.6 Å². The molecule has 0 aliphatic carbocycles. The van der Waals surface area contributed by atoms with E-state index in [1.165, 1.54) is 0 Å². The fourth-order valence-corrected chi connectivity index (χ4v) is 2.04. The van der Waals surface area contributed by atoms with Crippen LogP contribution in [0.5, 0.6) is 0 Å². The van der Waals surface area contributed by atoms with E-state index in [0.29, 0.717) is 22.9 Å². The topological polar surface area (TPSA) is 33.2 Å². The quantitative estimate of drug-likeness (QED) is 0.799. The van der Waals surface area contributed by atoms with E-state index < -0.39 is 0 Å². The largest absolute Gasteiger partial charge is 0.355 e. The molecule has 0 fully saturated rings. The zero-order chi connectivity index (χ0) is 13.8. The summed E-state index contributed by atoms with van der Waals surface area (Å²) in [5.41, 5.74) is 1.76. The smallest absolute Gasteiger partial charge is 0.163 e. The number of anilines is 1. The molecule has 98 valence electrons. The van der Waals surface area contributed by atoms with Gasteiger partial charge in [-0.15, -0.1) is 0 Å². The van der Waals surface area contributed by atoms with Crippen LogP contribution in [0, 0.1) is 0 Å². The molecule has 0 aliphatic heterocycles. The molecule has 1 heterocycles. The molecule has 0 radical (unpaired) electrons. The molecule has 1 aromatic carbocycles. The molecule has 1 aromatic heterocycles. The standard InChI is InChI=1S/C15H15ClN2O/c1-11(19)14-4-3-9-17-15(14)18(2)10-12-5-7-13(16)8-6-12/h3-9H,10H2,1-2H3. The highest BCUT2D eigenvalue weighted by atomic mass is 35.5. The average Bonchev–Trinajstić information content (AvgIpc) is 2.41. The third-order valence-corrected chi connectivity index (χ3v) is 3.11. The molecule has 0 spiro atoms. The van der Waals surface area contributed by atoms with Crippen molar-refractivity contribution < 1.29 is 4.79 Å². The van der Waals surface area contributed by atoms with Gasteiger partial charge in [-0.2, -0.15) is 0 Å².